The molecule has 2 bridgehead atoms. The van der Waals surface area contributed by atoms with E-state index in [2.05, 4.69) is 60.7 Å². The highest BCUT2D eigenvalue weighted by Crippen LogP contribution is 2.63. The summed E-state index contributed by atoms with van der Waals surface area (Å²) in [5, 5.41) is 2.35. The van der Waals surface area contributed by atoms with Gasteiger partial charge < -0.3 is 0 Å². The number of amides is 2. The first-order chi connectivity index (χ1) is 19.7. The fourth-order valence-electron chi connectivity index (χ4n) is 7.60. The molecule has 1 fully saturated rings. The summed E-state index contributed by atoms with van der Waals surface area (Å²) < 4.78 is 0. The number of anilines is 1. The van der Waals surface area contributed by atoms with E-state index >= 15 is 0 Å². The Bertz CT molecular complexity index is 1810. The topological polar surface area (TPSA) is 49.7 Å². The molecule has 2 atom stereocenters. The van der Waals surface area contributed by atoms with E-state index in [0.717, 1.165) is 27.8 Å². The van der Waals surface area contributed by atoms with E-state index in [-0.39, 0.29) is 17.7 Å². The molecule has 3 aliphatic carbocycles. The Morgan fingerprint density at radius 1 is 0.675 bits per heavy atom. The summed E-state index contributed by atoms with van der Waals surface area (Å²) in [6.45, 7) is 0.485. The van der Waals surface area contributed by atoms with Gasteiger partial charge in [-0.05, 0) is 50.7 Å². The average Bonchev–Trinajstić information content (AvgIpc) is 3.28. The van der Waals surface area contributed by atoms with E-state index in [1.807, 2.05) is 66.9 Å². The second-order valence-corrected chi connectivity index (χ2v) is 11.0. The Morgan fingerprint density at radius 3 is 2.05 bits per heavy atom. The molecule has 4 nitrogen and oxygen atoms in total. The molecule has 192 valence electrons. The molecule has 9 rings (SSSR count). The third kappa shape index (κ3) is 2.99. The molecule has 0 saturated carbocycles. The van der Waals surface area contributed by atoms with Crippen molar-refractivity contribution in [3.63, 3.8) is 0 Å². The molecule has 0 unspecified atom stereocenters. The molecule has 1 saturated heterocycles. The van der Waals surface area contributed by atoms with Crippen LogP contribution in [0.1, 0.15) is 33.7 Å². The summed E-state index contributed by atoms with van der Waals surface area (Å²) in [5.74, 6) is -1.49. The lowest BCUT2D eigenvalue weighted by molar-refractivity contribution is -0.122. The number of aliphatic imine (C=N–C) groups is 1. The molecule has 40 heavy (non-hydrogen) atoms. The molecule has 0 spiro atoms. The van der Waals surface area contributed by atoms with Crippen molar-refractivity contribution in [2.24, 2.45) is 16.8 Å². The summed E-state index contributed by atoms with van der Waals surface area (Å²) in [6.07, 6.45) is 2.00. The van der Waals surface area contributed by atoms with Gasteiger partial charge in [-0.2, -0.15) is 0 Å². The Kier molecular flexibility index (Phi) is 4.96. The van der Waals surface area contributed by atoms with Gasteiger partial charge in [-0.3, -0.25) is 14.6 Å². The minimum atomic E-state index is -0.840. The van der Waals surface area contributed by atoms with Gasteiger partial charge >= 0.3 is 0 Å². The highest BCUT2D eigenvalue weighted by atomic mass is 16.2. The predicted molar refractivity (Wildman–Crippen MR) is 158 cm³/mol. The normalized spacial score (nSPS) is 24.4. The van der Waals surface area contributed by atoms with E-state index in [9.17, 15) is 9.59 Å². The molecule has 1 heterocycles. The van der Waals surface area contributed by atoms with Gasteiger partial charge in [0.05, 0.1) is 29.5 Å². The van der Waals surface area contributed by atoms with Crippen LogP contribution in [0.3, 0.4) is 0 Å². The molecular weight excluding hydrogens is 492 g/mol. The van der Waals surface area contributed by atoms with Crippen molar-refractivity contribution in [1.29, 1.82) is 0 Å². The molecule has 2 amide bonds. The minimum Gasteiger partial charge on any atom is -0.291 e. The second-order valence-electron chi connectivity index (χ2n) is 11.0. The first-order valence-corrected chi connectivity index (χ1v) is 13.8. The Balaban J connectivity index is 1.34. The van der Waals surface area contributed by atoms with Gasteiger partial charge in [0.1, 0.15) is 0 Å². The Morgan fingerprint density at radius 2 is 1.30 bits per heavy atom. The average molecular weight is 519 g/mol. The molecule has 0 N–H and O–H groups in total. The standard InChI is InChI=1S/C36H26N2O2/c39-34-32-31-27-17-6-8-19-29(27)36(30-20-9-7-18-28(30)31,33(32)35(40)38(34)25-14-2-1-3-15-25)22-37-21-24-13-10-12-23-11-4-5-16-26(23)24/h1-20,22,31-33H,21H2/t31?,32-,33+,36?/m1/s1. The molecular formula is C36H26N2O2. The quantitative estimate of drug-likeness (QED) is 0.197. The van der Waals surface area contributed by atoms with E-state index < -0.39 is 17.3 Å². The van der Waals surface area contributed by atoms with Gasteiger partial charge in [0.2, 0.25) is 11.8 Å². The summed E-state index contributed by atoms with van der Waals surface area (Å²) >= 11 is 0. The largest absolute Gasteiger partial charge is 0.291 e. The fraction of sp³-hybridized carbons (Fsp3) is 0.139. The number of carbonyl (C=O) groups excluding carboxylic acids is 2. The smallest absolute Gasteiger partial charge is 0.239 e. The van der Waals surface area contributed by atoms with Crippen LogP contribution >= 0.6 is 0 Å². The monoisotopic (exact) mass is 518 g/mol. The van der Waals surface area contributed by atoms with Crippen LogP contribution in [-0.2, 0) is 21.5 Å². The maximum Gasteiger partial charge on any atom is 0.239 e. The number of para-hydroxylation sites is 1. The van der Waals surface area contributed by atoms with Crippen LogP contribution in [0.2, 0.25) is 0 Å². The van der Waals surface area contributed by atoms with Crippen molar-refractivity contribution in [3.8, 4) is 0 Å². The van der Waals surface area contributed by atoms with Crippen molar-refractivity contribution >= 4 is 34.5 Å². The zero-order chi connectivity index (χ0) is 26.8. The number of nitrogens with zero attached hydrogens (tertiary/aromatic N) is 2. The van der Waals surface area contributed by atoms with Crippen LogP contribution in [-0.4, -0.2) is 18.0 Å². The fourth-order valence-corrected chi connectivity index (χ4v) is 7.60. The molecule has 1 aliphatic heterocycles. The maximum absolute atomic E-state index is 14.4. The first kappa shape index (κ1) is 23.1. The van der Waals surface area contributed by atoms with Gasteiger partial charge in [0.15, 0.2) is 0 Å². The molecule has 0 aromatic heterocycles. The summed E-state index contributed by atoms with van der Waals surface area (Å²) in [5.41, 5.74) is 5.32. The SMILES string of the molecule is O=C1[C@@H]2C3c4ccccc4C(C=NCc4cccc5ccccc45)(c4ccccc43)[C@@H]2C(=O)N1c1ccccc1. The number of imide groups is 1. The summed E-state index contributed by atoms with van der Waals surface area (Å²) in [4.78, 5) is 35.1. The number of fused-ring (bicyclic) bond motifs is 1. The van der Waals surface area contributed by atoms with Crippen LogP contribution in [0, 0.1) is 11.8 Å². The Hall–Kier alpha value is -4.83. The minimum absolute atomic E-state index is 0.123. The third-order valence-electron chi connectivity index (χ3n) is 9.13. The van der Waals surface area contributed by atoms with Gasteiger partial charge in [-0.15, -0.1) is 0 Å². The maximum atomic E-state index is 14.4. The zero-order valence-electron chi connectivity index (χ0n) is 21.8. The van der Waals surface area contributed by atoms with E-state index in [0.29, 0.717) is 12.2 Å². The molecule has 4 heteroatoms. The lowest BCUT2D eigenvalue weighted by Crippen LogP contribution is -2.54. The number of benzene rings is 5. The van der Waals surface area contributed by atoms with E-state index in [1.54, 1.807) is 0 Å². The van der Waals surface area contributed by atoms with Gasteiger partial charge in [0.25, 0.3) is 0 Å². The highest BCUT2D eigenvalue weighted by Gasteiger charge is 2.67. The van der Waals surface area contributed by atoms with Crippen LogP contribution in [0.5, 0.6) is 0 Å². The van der Waals surface area contributed by atoms with Crippen molar-refractivity contribution in [2.45, 2.75) is 17.9 Å². The van der Waals surface area contributed by atoms with Crippen LogP contribution in [0.15, 0.2) is 126 Å². The van der Waals surface area contributed by atoms with Gasteiger partial charge in [-0.1, -0.05) is 109 Å². The van der Waals surface area contributed by atoms with E-state index in [1.165, 1.54) is 15.7 Å². The van der Waals surface area contributed by atoms with Crippen LogP contribution < -0.4 is 4.90 Å². The van der Waals surface area contributed by atoms with Crippen molar-refractivity contribution in [2.75, 3.05) is 4.90 Å². The summed E-state index contributed by atoms with van der Waals surface area (Å²) in [7, 11) is 0. The molecule has 0 radical (unpaired) electrons. The predicted octanol–water partition coefficient (Wildman–Crippen LogP) is 6.66. The number of hydrogen-bond acceptors (Lipinski definition) is 3. The lowest BCUT2D eigenvalue weighted by atomic mass is 9.47. The van der Waals surface area contributed by atoms with Gasteiger partial charge in [0, 0.05) is 12.1 Å². The second kappa shape index (κ2) is 8.59. The number of hydrogen-bond donors (Lipinski definition) is 0. The third-order valence-corrected chi connectivity index (χ3v) is 9.13. The van der Waals surface area contributed by atoms with Gasteiger partial charge in [-0.25, -0.2) is 4.90 Å². The van der Waals surface area contributed by atoms with Crippen molar-refractivity contribution in [3.05, 3.63) is 149 Å². The zero-order valence-corrected chi connectivity index (χ0v) is 21.8. The number of carbonyl (C=O) groups is 2. The summed E-state index contributed by atoms with van der Waals surface area (Å²) in [6, 6.07) is 40.6. The first-order valence-electron chi connectivity index (χ1n) is 13.8. The van der Waals surface area contributed by atoms with Crippen molar-refractivity contribution in [1.82, 2.24) is 0 Å². The van der Waals surface area contributed by atoms with Crippen molar-refractivity contribution < 1.29 is 9.59 Å². The van der Waals surface area contributed by atoms with Crippen LogP contribution in [0.25, 0.3) is 10.8 Å². The molecule has 4 aliphatic rings. The Labute approximate surface area is 232 Å². The van der Waals surface area contributed by atoms with E-state index in [4.69, 9.17) is 4.99 Å². The number of rotatable bonds is 4. The molecule has 5 aromatic carbocycles. The lowest BCUT2D eigenvalue weighted by Gasteiger charge is -2.52. The van der Waals surface area contributed by atoms with Crippen LogP contribution in [0.4, 0.5) is 5.69 Å². The highest BCUT2D eigenvalue weighted by molar-refractivity contribution is 6.25. The molecule has 5 aromatic rings.